The number of nitro benzene ring substituents is 1. The van der Waals surface area contributed by atoms with Gasteiger partial charge in [0.25, 0.3) is 5.69 Å². The van der Waals surface area contributed by atoms with Gasteiger partial charge in [-0.2, -0.15) is 0 Å². The first kappa shape index (κ1) is 13.8. The maximum atomic E-state index is 10.7. The number of hydrogen-bond donors (Lipinski definition) is 2. The van der Waals surface area contributed by atoms with Gasteiger partial charge in [-0.15, -0.1) is 0 Å². The molecule has 1 aliphatic rings. The van der Waals surface area contributed by atoms with Crippen LogP contribution in [-0.4, -0.2) is 46.0 Å². The second-order valence-electron chi connectivity index (χ2n) is 5.37. The fourth-order valence-electron chi connectivity index (χ4n) is 2.71. The topological polar surface area (TPSA) is 87.1 Å². The number of anilines is 1. The quantitative estimate of drug-likeness (QED) is 0.484. The predicted molar refractivity (Wildman–Crippen MR) is 81.5 cm³/mol. The van der Waals surface area contributed by atoms with Crippen LogP contribution in [0, 0.1) is 10.1 Å². The predicted octanol–water partition coefficient (Wildman–Crippen LogP) is 2.37. The largest absolute Gasteiger partial charge is 0.356 e. The number of non-ortho nitro benzene ring substituents is 1. The van der Waals surface area contributed by atoms with Gasteiger partial charge in [-0.3, -0.25) is 10.1 Å². The Morgan fingerprint density at radius 2 is 2.19 bits per heavy atom. The summed E-state index contributed by atoms with van der Waals surface area (Å²) in [7, 11) is 0. The molecule has 3 rings (SSSR count). The molecular weight excluding hydrogens is 270 g/mol. The Morgan fingerprint density at radius 3 is 2.95 bits per heavy atom. The number of fused-ring (bicyclic) bond motifs is 1. The van der Waals surface area contributed by atoms with Crippen molar-refractivity contribution in [3.63, 3.8) is 0 Å². The minimum Gasteiger partial charge on any atom is -0.356 e. The molecule has 7 heteroatoms. The van der Waals surface area contributed by atoms with Gasteiger partial charge in [0, 0.05) is 18.7 Å². The summed E-state index contributed by atoms with van der Waals surface area (Å²) in [6, 6.07) is 4.65. The maximum absolute atomic E-state index is 10.7. The molecule has 21 heavy (non-hydrogen) atoms. The molecule has 2 heterocycles. The summed E-state index contributed by atoms with van der Waals surface area (Å²) in [4.78, 5) is 20.3. The lowest BCUT2D eigenvalue weighted by Crippen LogP contribution is -2.22. The van der Waals surface area contributed by atoms with E-state index in [1.54, 1.807) is 6.07 Å². The van der Waals surface area contributed by atoms with Crippen molar-refractivity contribution in [3.05, 3.63) is 28.3 Å². The molecule has 0 saturated carbocycles. The van der Waals surface area contributed by atoms with Crippen molar-refractivity contribution in [1.82, 2.24) is 14.9 Å². The lowest BCUT2D eigenvalue weighted by Gasteiger charge is -2.13. The van der Waals surface area contributed by atoms with Crippen molar-refractivity contribution >= 4 is 22.7 Å². The van der Waals surface area contributed by atoms with Crippen LogP contribution in [0.5, 0.6) is 0 Å². The number of nitro groups is 1. The van der Waals surface area contributed by atoms with Crippen LogP contribution in [0.3, 0.4) is 0 Å². The molecule has 0 spiro atoms. The van der Waals surface area contributed by atoms with Crippen molar-refractivity contribution < 1.29 is 4.92 Å². The number of aromatic nitrogens is 2. The molecule has 2 N–H and O–H groups in total. The highest BCUT2D eigenvalue weighted by Crippen LogP contribution is 2.20. The first-order valence-corrected chi connectivity index (χ1v) is 7.33. The number of benzene rings is 1. The minimum absolute atomic E-state index is 0.0757. The number of hydrogen-bond acceptors (Lipinski definition) is 5. The van der Waals surface area contributed by atoms with Crippen molar-refractivity contribution in [2.75, 3.05) is 31.5 Å². The number of nitrogens with one attached hydrogen (secondary N) is 2. The fourth-order valence-corrected chi connectivity index (χ4v) is 2.71. The second-order valence-corrected chi connectivity index (χ2v) is 5.37. The summed E-state index contributed by atoms with van der Waals surface area (Å²) in [6.07, 6.45) is 3.70. The number of rotatable bonds is 6. The van der Waals surface area contributed by atoms with Crippen LogP contribution in [0.25, 0.3) is 11.0 Å². The van der Waals surface area contributed by atoms with E-state index >= 15 is 0 Å². The summed E-state index contributed by atoms with van der Waals surface area (Å²) in [5.74, 6) is 0.673. The van der Waals surface area contributed by atoms with E-state index in [1.165, 1.54) is 38.1 Å². The Balaban J connectivity index is 1.55. The molecule has 2 aromatic rings. The Labute approximate surface area is 122 Å². The monoisotopic (exact) mass is 289 g/mol. The van der Waals surface area contributed by atoms with E-state index in [9.17, 15) is 10.1 Å². The Hall–Kier alpha value is -2.15. The van der Waals surface area contributed by atoms with E-state index in [-0.39, 0.29) is 5.69 Å². The third-order valence-electron chi connectivity index (χ3n) is 3.82. The van der Waals surface area contributed by atoms with Crippen molar-refractivity contribution in [1.29, 1.82) is 0 Å². The molecule has 7 nitrogen and oxygen atoms in total. The summed E-state index contributed by atoms with van der Waals surface area (Å²) >= 11 is 0. The van der Waals surface area contributed by atoms with E-state index in [0.717, 1.165) is 25.0 Å². The molecule has 1 aromatic heterocycles. The fraction of sp³-hybridized carbons (Fsp3) is 0.500. The van der Waals surface area contributed by atoms with Crippen molar-refractivity contribution in [3.8, 4) is 0 Å². The Morgan fingerprint density at radius 1 is 1.38 bits per heavy atom. The molecule has 0 atom stereocenters. The highest BCUT2D eigenvalue weighted by atomic mass is 16.6. The molecule has 0 radical (unpaired) electrons. The zero-order valence-corrected chi connectivity index (χ0v) is 11.8. The van der Waals surface area contributed by atoms with E-state index in [2.05, 4.69) is 20.2 Å². The lowest BCUT2D eigenvalue weighted by atomic mass is 10.3. The van der Waals surface area contributed by atoms with E-state index in [4.69, 9.17) is 0 Å². The second kappa shape index (κ2) is 6.09. The average molecular weight is 289 g/mol. The molecule has 0 unspecified atom stereocenters. The van der Waals surface area contributed by atoms with Crippen molar-refractivity contribution in [2.45, 2.75) is 19.3 Å². The van der Waals surface area contributed by atoms with Gasteiger partial charge < -0.3 is 15.2 Å². The molecule has 1 fully saturated rings. The standard InChI is InChI=1S/C14H19N5O2/c20-19(21)11-4-5-12-13(10-11)17-14(16-12)15-6-3-9-18-7-1-2-8-18/h4-5,10H,1-3,6-9H2,(H2,15,16,17). The zero-order valence-electron chi connectivity index (χ0n) is 11.8. The van der Waals surface area contributed by atoms with Crippen LogP contribution in [-0.2, 0) is 0 Å². The average Bonchev–Trinajstić information content (AvgIpc) is 3.11. The van der Waals surface area contributed by atoms with Crippen LogP contribution in [0.4, 0.5) is 11.6 Å². The first-order valence-electron chi connectivity index (χ1n) is 7.33. The molecule has 1 saturated heterocycles. The number of likely N-dealkylation sites (tertiary alicyclic amines) is 1. The van der Waals surface area contributed by atoms with Crippen LogP contribution < -0.4 is 5.32 Å². The molecule has 1 aromatic carbocycles. The molecular formula is C14H19N5O2. The van der Waals surface area contributed by atoms with Gasteiger partial charge in [0.2, 0.25) is 5.95 Å². The summed E-state index contributed by atoms with van der Waals surface area (Å²) in [5, 5.41) is 14.0. The number of H-pyrrole nitrogens is 1. The molecule has 0 bridgehead atoms. The lowest BCUT2D eigenvalue weighted by molar-refractivity contribution is -0.384. The number of aromatic amines is 1. The highest BCUT2D eigenvalue weighted by Gasteiger charge is 2.11. The van der Waals surface area contributed by atoms with Gasteiger partial charge in [-0.25, -0.2) is 4.98 Å². The molecule has 0 amide bonds. The Bertz CT molecular complexity index is 633. The zero-order chi connectivity index (χ0) is 14.7. The van der Waals surface area contributed by atoms with E-state index in [0.29, 0.717) is 11.5 Å². The summed E-state index contributed by atoms with van der Waals surface area (Å²) in [6.45, 7) is 4.39. The third kappa shape index (κ3) is 3.30. The van der Waals surface area contributed by atoms with Crippen LogP contribution in [0.15, 0.2) is 18.2 Å². The molecule has 1 aliphatic heterocycles. The van der Waals surface area contributed by atoms with Gasteiger partial charge in [-0.1, -0.05) is 0 Å². The van der Waals surface area contributed by atoms with Crippen molar-refractivity contribution in [2.24, 2.45) is 0 Å². The van der Waals surface area contributed by atoms with Gasteiger partial charge >= 0.3 is 0 Å². The van der Waals surface area contributed by atoms with Crippen LogP contribution >= 0.6 is 0 Å². The van der Waals surface area contributed by atoms with Gasteiger partial charge in [0.05, 0.1) is 16.0 Å². The SMILES string of the molecule is O=[N+]([O-])c1ccc2nc(NCCCN3CCCC3)[nH]c2c1. The third-order valence-corrected chi connectivity index (χ3v) is 3.82. The normalized spacial score (nSPS) is 15.6. The highest BCUT2D eigenvalue weighted by molar-refractivity contribution is 5.79. The van der Waals surface area contributed by atoms with Gasteiger partial charge in [-0.05, 0) is 45.0 Å². The first-order chi connectivity index (χ1) is 10.2. The Kier molecular flexibility index (Phi) is 4.01. The van der Waals surface area contributed by atoms with Crippen LogP contribution in [0.2, 0.25) is 0 Å². The molecule has 112 valence electrons. The number of nitrogens with zero attached hydrogens (tertiary/aromatic N) is 3. The smallest absolute Gasteiger partial charge is 0.271 e. The van der Waals surface area contributed by atoms with E-state index in [1.807, 2.05) is 0 Å². The summed E-state index contributed by atoms with van der Waals surface area (Å²) in [5.41, 5.74) is 1.50. The van der Waals surface area contributed by atoms with E-state index < -0.39 is 4.92 Å². The number of imidazole rings is 1. The van der Waals surface area contributed by atoms with Gasteiger partial charge in [0.1, 0.15) is 0 Å². The minimum atomic E-state index is -0.399. The molecule has 0 aliphatic carbocycles. The van der Waals surface area contributed by atoms with Gasteiger partial charge in [0.15, 0.2) is 0 Å². The maximum Gasteiger partial charge on any atom is 0.271 e. The van der Waals surface area contributed by atoms with Crippen LogP contribution in [0.1, 0.15) is 19.3 Å². The summed E-state index contributed by atoms with van der Waals surface area (Å²) < 4.78 is 0.